The molecule has 1 unspecified atom stereocenters. The van der Waals surface area contributed by atoms with Crippen LogP contribution in [-0.4, -0.2) is 23.2 Å². The molecular formula is C13H14N4O. The highest BCUT2D eigenvalue weighted by molar-refractivity contribution is 6.00. The van der Waals surface area contributed by atoms with Crippen LogP contribution in [0.15, 0.2) is 30.6 Å². The van der Waals surface area contributed by atoms with E-state index in [9.17, 15) is 4.79 Å². The van der Waals surface area contributed by atoms with E-state index in [-0.39, 0.29) is 11.9 Å². The van der Waals surface area contributed by atoms with Crippen molar-refractivity contribution in [1.29, 1.82) is 0 Å². The van der Waals surface area contributed by atoms with E-state index in [1.165, 1.54) is 0 Å². The number of nitrogens with zero attached hydrogens (tertiary/aromatic N) is 2. The Labute approximate surface area is 105 Å². The van der Waals surface area contributed by atoms with Crippen molar-refractivity contribution in [2.45, 2.75) is 12.5 Å². The molecule has 0 bridgehead atoms. The Morgan fingerprint density at radius 3 is 3.00 bits per heavy atom. The van der Waals surface area contributed by atoms with Gasteiger partial charge in [-0.15, -0.1) is 0 Å². The van der Waals surface area contributed by atoms with Crippen LogP contribution in [0.4, 0.5) is 5.69 Å². The molecule has 0 spiro atoms. The molecule has 1 aliphatic rings. The lowest BCUT2D eigenvalue weighted by molar-refractivity contribution is -0.117. The molecule has 3 N–H and O–H groups in total. The molecule has 1 aromatic carbocycles. The lowest BCUT2D eigenvalue weighted by Crippen LogP contribution is -2.20. The van der Waals surface area contributed by atoms with Crippen molar-refractivity contribution in [2.24, 2.45) is 5.73 Å². The van der Waals surface area contributed by atoms with Gasteiger partial charge in [-0.2, -0.15) is 5.10 Å². The predicted octanol–water partition coefficient (Wildman–Crippen LogP) is 0.977. The number of carbonyl (C=O) groups is 1. The summed E-state index contributed by atoms with van der Waals surface area (Å²) in [4.78, 5) is 13.3. The predicted molar refractivity (Wildman–Crippen MR) is 68.2 cm³/mol. The number of hydrogen-bond acceptors (Lipinski definition) is 3. The van der Waals surface area contributed by atoms with E-state index in [2.05, 4.69) is 10.2 Å². The zero-order valence-corrected chi connectivity index (χ0v) is 10.1. The summed E-state index contributed by atoms with van der Waals surface area (Å²) in [5.41, 5.74) is 10.1. The number of carbonyl (C=O) groups excluding carboxylic acids is 1. The quantitative estimate of drug-likeness (QED) is 0.824. The van der Waals surface area contributed by atoms with Gasteiger partial charge in [-0.3, -0.25) is 9.89 Å². The second-order valence-electron chi connectivity index (χ2n) is 4.53. The summed E-state index contributed by atoms with van der Waals surface area (Å²) in [6.45, 7) is 0. The lowest BCUT2D eigenvalue weighted by atomic mass is 9.99. The molecule has 3 rings (SSSR count). The average molecular weight is 242 g/mol. The van der Waals surface area contributed by atoms with Gasteiger partial charge in [0.1, 0.15) is 0 Å². The number of nitrogens with two attached hydrogens (primary N) is 1. The second-order valence-corrected chi connectivity index (χ2v) is 4.53. The third kappa shape index (κ3) is 1.60. The third-order valence-electron chi connectivity index (χ3n) is 3.42. The molecule has 0 aliphatic carbocycles. The molecule has 1 aromatic heterocycles. The number of aromatic amines is 1. The first kappa shape index (κ1) is 11.0. The first-order valence-electron chi connectivity index (χ1n) is 5.80. The number of fused-ring (bicyclic) bond motifs is 1. The van der Waals surface area contributed by atoms with Crippen molar-refractivity contribution >= 4 is 11.6 Å². The minimum atomic E-state index is -0.213. The largest absolute Gasteiger partial charge is 0.320 e. The van der Waals surface area contributed by atoms with Crippen molar-refractivity contribution in [2.75, 3.05) is 11.9 Å². The Balaban J connectivity index is 1.97. The van der Waals surface area contributed by atoms with Crippen LogP contribution in [0, 0.1) is 0 Å². The molecule has 1 atom stereocenters. The van der Waals surface area contributed by atoms with Crippen molar-refractivity contribution in [3.63, 3.8) is 0 Å². The summed E-state index contributed by atoms with van der Waals surface area (Å²) in [7, 11) is 1.80. The number of nitrogens with one attached hydrogen (secondary N) is 1. The Morgan fingerprint density at radius 2 is 2.28 bits per heavy atom. The van der Waals surface area contributed by atoms with Gasteiger partial charge in [0.2, 0.25) is 5.91 Å². The van der Waals surface area contributed by atoms with Crippen LogP contribution in [0.1, 0.15) is 22.7 Å². The maximum absolute atomic E-state index is 11.6. The Morgan fingerprint density at radius 1 is 1.44 bits per heavy atom. The van der Waals surface area contributed by atoms with Gasteiger partial charge in [0.25, 0.3) is 0 Å². The zero-order valence-electron chi connectivity index (χ0n) is 10.1. The molecule has 2 aromatic rings. The van der Waals surface area contributed by atoms with Gasteiger partial charge in [0, 0.05) is 24.5 Å². The molecule has 0 saturated heterocycles. The number of aromatic nitrogens is 2. The van der Waals surface area contributed by atoms with Gasteiger partial charge >= 0.3 is 0 Å². The third-order valence-corrected chi connectivity index (χ3v) is 3.42. The van der Waals surface area contributed by atoms with Gasteiger partial charge in [-0.1, -0.05) is 12.1 Å². The molecule has 18 heavy (non-hydrogen) atoms. The smallest absolute Gasteiger partial charge is 0.231 e. The van der Waals surface area contributed by atoms with Crippen LogP contribution in [-0.2, 0) is 11.2 Å². The standard InChI is InChI=1S/C13H14N4O/c1-17-11-3-2-8(4-9(11)5-12(17)18)13(14)10-6-15-16-7-10/h2-4,6-7,13H,5,14H2,1H3,(H,15,16). The van der Waals surface area contributed by atoms with E-state index in [1.807, 2.05) is 18.2 Å². The van der Waals surface area contributed by atoms with E-state index in [4.69, 9.17) is 5.73 Å². The molecule has 0 saturated carbocycles. The van der Waals surface area contributed by atoms with Crippen LogP contribution in [0.25, 0.3) is 0 Å². The first-order valence-corrected chi connectivity index (χ1v) is 5.80. The number of benzene rings is 1. The monoisotopic (exact) mass is 242 g/mol. The Hall–Kier alpha value is -2.14. The normalized spacial score (nSPS) is 15.9. The summed E-state index contributed by atoms with van der Waals surface area (Å²) in [5, 5.41) is 6.65. The fourth-order valence-electron chi connectivity index (χ4n) is 2.31. The minimum Gasteiger partial charge on any atom is -0.320 e. The van der Waals surface area contributed by atoms with E-state index >= 15 is 0 Å². The molecule has 1 aliphatic heterocycles. The highest BCUT2D eigenvalue weighted by atomic mass is 16.2. The average Bonchev–Trinajstić information content (AvgIpc) is 2.98. The van der Waals surface area contributed by atoms with Gasteiger partial charge in [0.15, 0.2) is 0 Å². The maximum Gasteiger partial charge on any atom is 0.231 e. The van der Waals surface area contributed by atoms with E-state index in [0.29, 0.717) is 6.42 Å². The minimum absolute atomic E-state index is 0.124. The lowest BCUT2D eigenvalue weighted by Gasteiger charge is -2.13. The summed E-state index contributed by atoms with van der Waals surface area (Å²) in [6, 6.07) is 5.71. The van der Waals surface area contributed by atoms with Crippen LogP contribution in [0.5, 0.6) is 0 Å². The first-order chi connectivity index (χ1) is 8.66. The van der Waals surface area contributed by atoms with Gasteiger partial charge in [0.05, 0.1) is 18.7 Å². The fourth-order valence-corrected chi connectivity index (χ4v) is 2.31. The fraction of sp³-hybridized carbons (Fsp3) is 0.231. The van der Waals surface area contributed by atoms with E-state index < -0.39 is 0 Å². The maximum atomic E-state index is 11.6. The Bertz CT molecular complexity index is 591. The molecule has 0 fully saturated rings. The SMILES string of the molecule is CN1C(=O)Cc2cc(C(N)c3cn[nH]c3)ccc21. The number of anilines is 1. The molecular weight excluding hydrogens is 228 g/mol. The summed E-state index contributed by atoms with van der Waals surface area (Å²) >= 11 is 0. The molecule has 1 amide bonds. The molecule has 5 nitrogen and oxygen atoms in total. The summed E-state index contributed by atoms with van der Waals surface area (Å²) in [6.07, 6.45) is 3.96. The number of rotatable bonds is 2. The number of likely N-dealkylation sites (N-methyl/N-ethyl adjacent to an activating group) is 1. The zero-order chi connectivity index (χ0) is 12.7. The van der Waals surface area contributed by atoms with Crippen LogP contribution in [0.3, 0.4) is 0 Å². The van der Waals surface area contributed by atoms with Crippen LogP contribution in [0.2, 0.25) is 0 Å². The van der Waals surface area contributed by atoms with E-state index in [1.54, 1.807) is 24.3 Å². The van der Waals surface area contributed by atoms with Crippen molar-refractivity contribution < 1.29 is 4.79 Å². The second kappa shape index (κ2) is 3.96. The van der Waals surface area contributed by atoms with Gasteiger partial charge in [-0.25, -0.2) is 0 Å². The molecule has 0 radical (unpaired) electrons. The highest BCUT2D eigenvalue weighted by Crippen LogP contribution is 2.30. The molecule has 2 heterocycles. The van der Waals surface area contributed by atoms with Crippen LogP contribution < -0.4 is 10.6 Å². The number of hydrogen-bond donors (Lipinski definition) is 2. The van der Waals surface area contributed by atoms with Crippen molar-refractivity contribution in [3.8, 4) is 0 Å². The topological polar surface area (TPSA) is 75.0 Å². The van der Waals surface area contributed by atoms with Crippen LogP contribution >= 0.6 is 0 Å². The van der Waals surface area contributed by atoms with Gasteiger partial charge in [-0.05, 0) is 17.2 Å². The number of amides is 1. The summed E-state index contributed by atoms with van der Waals surface area (Å²) in [5.74, 6) is 0.124. The van der Waals surface area contributed by atoms with Gasteiger partial charge < -0.3 is 10.6 Å². The van der Waals surface area contributed by atoms with Crippen molar-refractivity contribution in [3.05, 3.63) is 47.3 Å². The van der Waals surface area contributed by atoms with Crippen molar-refractivity contribution in [1.82, 2.24) is 10.2 Å². The highest BCUT2D eigenvalue weighted by Gasteiger charge is 2.24. The molecule has 92 valence electrons. The molecule has 5 heteroatoms. The Kier molecular flexibility index (Phi) is 2.41. The summed E-state index contributed by atoms with van der Waals surface area (Å²) < 4.78 is 0. The van der Waals surface area contributed by atoms with E-state index in [0.717, 1.165) is 22.4 Å². The number of H-pyrrole nitrogens is 1.